The van der Waals surface area contributed by atoms with Crippen LogP contribution in [0.2, 0.25) is 0 Å². The zero-order valence-electron chi connectivity index (χ0n) is 12.0. The number of nitrogens with one attached hydrogen (secondary N) is 2. The molecule has 21 heavy (non-hydrogen) atoms. The van der Waals surface area contributed by atoms with E-state index >= 15 is 0 Å². The monoisotopic (exact) mass is 317 g/mol. The van der Waals surface area contributed by atoms with Gasteiger partial charge in [0.2, 0.25) is 0 Å². The summed E-state index contributed by atoms with van der Waals surface area (Å²) in [6, 6.07) is 20.4. The number of benzene rings is 2. The van der Waals surface area contributed by atoms with Crippen molar-refractivity contribution in [3.63, 3.8) is 0 Å². The fraction of sp³-hybridized carbons (Fsp3) is 0.188. The third kappa shape index (κ3) is 5.65. The van der Waals surface area contributed by atoms with Gasteiger partial charge in [0.25, 0.3) is 0 Å². The van der Waals surface area contributed by atoms with E-state index in [1.807, 2.05) is 60.2 Å². The smallest absolute Gasteiger partial charge is 0.185 e. The molecule has 0 aliphatic rings. The minimum Gasteiger partial charge on any atom is -0.361 e. The molecule has 5 heteroatoms. The summed E-state index contributed by atoms with van der Waals surface area (Å²) in [5.41, 5.74) is 4.21. The quantitative estimate of drug-likeness (QED) is 0.369. The van der Waals surface area contributed by atoms with Gasteiger partial charge in [-0.05, 0) is 36.5 Å². The molecule has 110 valence electrons. The van der Waals surface area contributed by atoms with Crippen molar-refractivity contribution >= 4 is 34.8 Å². The van der Waals surface area contributed by atoms with Gasteiger partial charge in [-0.2, -0.15) is 0 Å². The molecule has 0 spiro atoms. The molecule has 0 aromatic heterocycles. The second kappa shape index (κ2) is 8.54. The van der Waals surface area contributed by atoms with Crippen LogP contribution in [0.1, 0.15) is 0 Å². The fourth-order valence-electron chi connectivity index (χ4n) is 1.76. The van der Waals surface area contributed by atoms with E-state index in [1.165, 1.54) is 4.90 Å². The molecular weight excluding hydrogens is 298 g/mol. The summed E-state index contributed by atoms with van der Waals surface area (Å²) < 4.78 is 0. The van der Waals surface area contributed by atoms with Crippen LogP contribution in [0, 0.1) is 0 Å². The van der Waals surface area contributed by atoms with Crippen molar-refractivity contribution in [1.82, 2.24) is 10.7 Å². The van der Waals surface area contributed by atoms with Gasteiger partial charge in [-0.25, -0.2) is 0 Å². The lowest BCUT2D eigenvalue weighted by molar-refractivity contribution is 0.836. The summed E-state index contributed by atoms with van der Waals surface area (Å²) in [4.78, 5) is 1.28. The van der Waals surface area contributed by atoms with Crippen molar-refractivity contribution < 1.29 is 0 Å². The summed E-state index contributed by atoms with van der Waals surface area (Å²) >= 11 is 7.10. The van der Waals surface area contributed by atoms with Crippen molar-refractivity contribution in [1.29, 1.82) is 0 Å². The summed E-state index contributed by atoms with van der Waals surface area (Å²) in [6.07, 6.45) is 0. The molecule has 2 aromatic rings. The molecule has 2 rings (SSSR count). The van der Waals surface area contributed by atoms with Crippen molar-refractivity contribution in [2.24, 2.45) is 0 Å². The van der Waals surface area contributed by atoms with E-state index in [1.54, 1.807) is 0 Å². The first kappa shape index (κ1) is 15.7. The van der Waals surface area contributed by atoms with E-state index in [0.717, 1.165) is 18.0 Å². The first-order chi connectivity index (χ1) is 10.3. The highest BCUT2D eigenvalue weighted by molar-refractivity contribution is 7.99. The average Bonchev–Trinajstić information content (AvgIpc) is 2.53. The number of nitrogens with zero attached hydrogens (tertiary/aromatic N) is 1. The molecule has 2 N–H and O–H groups in total. The third-order valence-corrected chi connectivity index (χ3v) is 4.06. The normalized spacial score (nSPS) is 9.95. The molecule has 0 fully saturated rings. The van der Waals surface area contributed by atoms with Gasteiger partial charge in [0, 0.05) is 24.2 Å². The number of thiocarbonyl (C=S) groups is 1. The fourth-order valence-corrected chi connectivity index (χ4v) is 2.79. The molecule has 0 bridgehead atoms. The van der Waals surface area contributed by atoms with E-state index in [9.17, 15) is 0 Å². The Kier molecular flexibility index (Phi) is 6.37. The number of rotatable bonds is 6. The largest absolute Gasteiger partial charge is 0.361 e. The van der Waals surface area contributed by atoms with Gasteiger partial charge in [-0.15, -0.1) is 11.8 Å². The highest BCUT2D eigenvalue weighted by Gasteiger charge is 2.01. The number of anilines is 1. The van der Waals surface area contributed by atoms with Gasteiger partial charge in [0.1, 0.15) is 0 Å². The zero-order valence-corrected chi connectivity index (χ0v) is 13.6. The lowest BCUT2D eigenvalue weighted by Gasteiger charge is -2.22. The molecule has 3 nitrogen and oxygen atoms in total. The Morgan fingerprint density at radius 2 is 1.67 bits per heavy atom. The highest BCUT2D eigenvalue weighted by Crippen LogP contribution is 2.15. The minimum absolute atomic E-state index is 0.634. The highest BCUT2D eigenvalue weighted by atomic mass is 32.2. The lowest BCUT2D eigenvalue weighted by Crippen LogP contribution is -2.45. The molecule has 0 aliphatic carbocycles. The molecule has 2 aromatic carbocycles. The summed E-state index contributed by atoms with van der Waals surface area (Å²) in [7, 11) is 1.95. The van der Waals surface area contributed by atoms with Gasteiger partial charge in [0.15, 0.2) is 5.11 Å². The zero-order chi connectivity index (χ0) is 14.9. The predicted octanol–water partition coefficient (Wildman–Crippen LogP) is 3.29. The van der Waals surface area contributed by atoms with Gasteiger partial charge in [-0.1, -0.05) is 36.4 Å². The van der Waals surface area contributed by atoms with Crippen LogP contribution in [-0.2, 0) is 0 Å². The molecular formula is C16H19N3S2. The molecule has 0 heterocycles. The summed E-state index contributed by atoms with van der Waals surface area (Å²) in [6.45, 7) is 0.827. The van der Waals surface area contributed by atoms with Gasteiger partial charge < -0.3 is 5.32 Å². The van der Waals surface area contributed by atoms with Crippen molar-refractivity contribution in [2.75, 3.05) is 24.4 Å². The van der Waals surface area contributed by atoms with Crippen LogP contribution >= 0.6 is 24.0 Å². The van der Waals surface area contributed by atoms with Crippen molar-refractivity contribution in [2.45, 2.75) is 4.90 Å². The topological polar surface area (TPSA) is 27.3 Å². The van der Waals surface area contributed by atoms with Gasteiger partial charge in [0.05, 0.1) is 5.69 Å². The Morgan fingerprint density at radius 1 is 1.05 bits per heavy atom. The van der Waals surface area contributed by atoms with Crippen LogP contribution in [0.3, 0.4) is 0 Å². The maximum Gasteiger partial charge on any atom is 0.185 e. The lowest BCUT2D eigenvalue weighted by atomic mass is 10.3. The van der Waals surface area contributed by atoms with E-state index in [2.05, 4.69) is 35.0 Å². The van der Waals surface area contributed by atoms with E-state index in [0.29, 0.717) is 5.11 Å². The standard InChI is InChI=1S/C16H19N3S2/c1-19(14-8-4-2-5-9-14)18-16(20)17-12-13-21-15-10-6-3-7-11-15/h2-11H,12-13H2,1H3,(H2,17,18,20). The second-order valence-corrected chi connectivity index (χ2v) is 6.00. The van der Waals surface area contributed by atoms with Crippen LogP contribution in [0.25, 0.3) is 0 Å². The average molecular weight is 317 g/mol. The van der Waals surface area contributed by atoms with Gasteiger partial charge in [-0.3, -0.25) is 10.4 Å². The molecule has 0 amide bonds. The molecule has 0 atom stereocenters. The molecule has 0 saturated carbocycles. The number of hydrogen-bond donors (Lipinski definition) is 2. The first-order valence-electron chi connectivity index (χ1n) is 6.77. The van der Waals surface area contributed by atoms with Crippen molar-refractivity contribution in [3.8, 4) is 0 Å². The SMILES string of the molecule is CN(NC(=S)NCCSc1ccccc1)c1ccccc1. The van der Waals surface area contributed by atoms with Crippen LogP contribution in [0.4, 0.5) is 5.69 Å². The predicted molar refractivity (Wildman–Crippen MR) is 95.7 cm³/mol. The maximum absolute atomic E-state index is 5.29. The van der Waals surface area contributed by atoms with Crippen LogP contribution in [0.15, 0.2) is 65.6 Å². The van der Waals surface area contributed by atoms with E-state index in [4.69, 9.17) is 12.2 Å². The molecule has 0 saturated heterocycles. The number of thioether (sulfide) groups is 1. The van der Waals surface area contributed by atoms with E-state index < -0.39 is 0 Å². The van der Waals surface area contributed by atoms with Crippen molar-refractivity contribution in [3.05, 3.63) is 60.7 Å². The summed E-state index contributed by atoms with van der Waals surface area (Å²) in [5.74, 6) is 0.973. The number of hydrogen-bond acceptors (Lipinski definition) is 3. The van der Waals surface area contributed by atoms with Crippen LogP contribution < -0.4 is 15.8 Å². The van der Waals surface area contributed by atoms with E-state index in [-0.39, 0.29) is 0 Å². The summed E-state index contributed by atoms with van der Waals surface area (Å²) in [5, 5.41) is 5.75. The number of hydrazine groups is 1. The minimum atomic E-state index is 0.634. The Hall–Kier alpha value is -1.72. The molecule has 0 unspecified atom stereocenters. The molecule has 0 radical (unpaired) electrons. The van der Waals surface area contributed by atoms with Crippen LogP contribution in [0.5, 0.6) is 0 Å². The Morgan fingerprint density at radius 3 is 2.33 bits per heavy atom. The van der Waals surface area contributed by atoms with Crippen LogP contribution in [-0.4, -0.2) is 24.5 Å². The Balaban J connectivity index is 1.66. The third-order valence-electron chi connectivity index (χ3n) is 2.81. The maximum atomic E-state index is 5.29. The molecule has 0 aliphatic heterocycles. The number of para-hydroxylation sites is 1. The Bertz CT molecular complexity index is 546. The first-order valence-corrected chi connectivity index (χ1v) is 8.16. The Labute approximate surface area is 135 Å². The van der Waals surface area contributed by atoms with Gasteiger partial charge >= 0.3 is 0 Å². The second-order valence-electron chi connectivity index (χ2n) is 4.42.